The average molecular weight is 316 g/mol. The van der Waals surface area contributed by atoms with E-state index in [0.29, 0.717) is 18.0 Å². The van der Waals surface area contributed by atoms with Crippen LogP contribution in [0.1, 0.15) is 25.0 Å². The van der Waals surface area contributed by atoms with Crippen molar-refractivity contribution in [2.45, 2.75) is 37.5 Å². The van der Waals surface area contributed by atoms with Crippen LogP contribution in [0.5, 0.6) is 0 Å². The molecule has 0 radical (unpaired) electrons. The van der Waals surface area contributed by atoms with Crippen LogP contribution in [0.4, 0.5) is 0 Å². The highest BCUT2D eigenvalue weighted by Crippen LogP contribution is 2.19. The highest BCUT2D eigenvalue weighted by atomic mass is 32.2. The molecule has 0 aliphatic carbocycles. The molecule has 0 spiro atoms. The van der Waals surface area contributed by atoms with Gasteiger partial charge in [-0.25, -0.2) is 13.1 Å². The lowest BCUT2D eigenvalue weighted by Crippen LogP contribution is -2.30. The molecule has 1 aromatic carbocycles. The SMILES string of the molecule is CCNCc1cccc(S(=O)(=O)NCC(C)SC)c1C. The molecule has 0 aliphatic heterocycles. The molecule has 1 aromatic rings. The van der Waals surface area contributed by atoms with E-state index in [9.17, 15) is 8.42 Å². The van der Waals surface area contributed by atoms with Gasteiger partial charge in [-0.2, -0.15) is 11.8 Å². The number of benzene rings is 1. The molecule has 20 heavy (non-hydrogen) atoms. The molecule has 114 valence electrons. The zero-order valence-corrected chi connectivity index (χ0v) is 14.2. The standard InChI is InChI=1S/C14H24N2O2S2/c1-5-15-10-13-7-6-8-14(12(13)3)20(17,18)16-9-11(2)19-4/h6-8,11,15-16H,5,9-10H2,1-4H3. The van der Waals surface area contributed by atoms with Gasteiger partial charge in [0.1, 0.15) is 0 Å². The fraction of sp³-hybridized carbons (Fsp3) is 0.571. The van der Waals surface area contributed by atoms with Crippen molar-refractivity contribution in [2.75, 3.05) is 19.3 Å². The first-order valence-electron chi connectivity index (χ1n) is 6.74. The first-order chi connectivity index (χ1) is 9.42. The van der Waals surface area contributed by atoms with E-state index in [4.69, 9.17) is 0 Å². The van der Waals surface area contributed by atoms with Crippen molar-refractivity contribution in [3.63, 3.8) is 0 Å². The number of thioether (sulfide) groups is 1. The smallest absolute Gasteiger partial charge is 0.240 e. The molecule has 0 saturated carbocycles. The van der Waals surface area contributed by atoms with Gasteiger partial charge in [0.25, 0.3) is 0 Å². The molecule has 0 saturated heterocycles. The van der Waals surface area contributed by atoms with Gasteiger partial charge < -0.3 is 5.32 Å². The summed E-state index contributed by atoms with van der Waals surface area (Å²) in [4.78, 5) is 0.376. The van der Waals surface area contributed by atoms with E-state index >= 15 is 0 Å². The van der Waals surface area contributed by atoms with Crippen LogP contribution in [-0.4, -0.2) is 33.0 Å². The third-order valence-electron chi connectivity index (χ3n) is 3.21. The molecular formula is C14H24N2O2S2. The summed E-state index contributed by atoms with van der Waals surface area (Å²) < 4.78 is 27.4. The Labute approximate surface area is 126 Å². The summed E-state index contributed by atoms with van der Waals surface area (Å²) in [5.41, 5.74) is 1.84. The third-order valence-corrected chi connectivity index (χ3v) is 5.75. The number of sulfonamides is 1. The normalized spacial score (nSPS) is 13.4. The monoisotopic (exact) mass is 316 g/mol. The second-order valence-electron chi connectivity index (χ2n) is 4.72. The van der Waals surface area contributed by atoms with Crippen LogP contribution in [0.15, 0.2) is 23.1 Å². The minimum atomic E-state index is -3.43. The van der Waals surface area contributed by atoms with Crippen molar-refractivity contribution >= 4 is 21.8 Å². The van der Waals surface area contributed by atoms with Gasteiger partial charge in [-0.15, -0.1) is 0 Å². The average Bonchev–Trinajstić information content (AvgIpc) is 2.43. The fourth-order valence-corrected chi connectivity index (χ4v) is 3.56. The van der Waals surface area contributed by atoms with E-state index in [1.54, 1.807) is 23.9 Å². The van der Waals surface area contributed by atoms with Gasteiger partial charge in [-0.3, -0.25) is 0 Å². The predicted octanol–water partition coefficient (Wildman–Crippen LogP) is 2.13. The quantitative estimate of drug-likeness (QED) is 0.771. The van der Waals surface area contributed by atoms with Gasteiger partial charge in [0.05, 0.1) is 4.90 Å². The number of nitrogens with one attached hydrogen (secondary N) is 2. The molecule has 2 N–H and O–H groups in total. The van der Waals surface area contributed by atoms with Crippen LogP contribution in [0.25, 0.3) is 0 Å². The van der Waals surface area contributed by atoms with Crippen LogP contribution in [0, 0.1) is 6.92 Å². The Morgan fingerprint density at radius 2 is 2.05 bits per heavy atom. The zero-order chi connectivity index (χ0) is 15.2. The van der Waals surface area contributed by atoms with E-state index < -0.39 is 10.0 Å². The largest absolute Gasteiger partial charge is 0.313 e. The van der Waals surface area contributed by atoms with E-state index in [2.05, 4.69) is 10.0 Å². The van der Waals surface area contributed by atoms with Gasteiger partial charge in [-0.1, -0.05) is 26.0 Å². The Bertz CT molecular complexity index is 530. The van der Waals surface area contributed by atoms with Crippen LogP contribution in [0.2, 0.25) is 0 Å². The molecule has 1 rings (SSSR count). The molecule has 0 fully saturated rings. The van der Waals surface area contributed by atoms with Gasteiger partial charge in [-0.05, 0) is 36.9 Å². The summed E-state index contributed by atoms with van der Waals surface area (Å²) >= 11 is 1.64. The van der Waals surface area contributed by atoms with Crippen molar-refractivity contribution in [1.29, 1.82) is 0 Å². The minimum Gasteiger partial charge on any atom is -0.313 e. The molecule has 0 aliphatic rings. The molecule has 1 unspecified atom stereocenters. The number of hydrogen-bond donors (Lipinski definition) is 2. The number of rotatable bonds is 8. The Hall–Kier alpha value is -0.560. The van der Waals surface area contributed by atoms with Crippen LogP contribution < -0.4 is 10.0 Å². The third kappa shape index (κ3) is 4.77. The molecule has 0 aromatic heterocycles. The summed E-state index contributed by atoms with van der Waals surface area (Å²) in [6.45, 7) is 7.88. The summed E-state index contributed by atoms with van der Waals surface area (Å²) in [5.74, 6) is 0. The molecule has 0 amide bonds. The zero-order valence-electron chi connectivity index (χ0n) is 12.6. The summed E-state index contributed by atoms with van der Waals surface area (Å²) in [5, 5.41) is 3.48. The van der Waals surface area contributed by atoms with Gasteiger partial charge in [0, 0.05) is 18.3 Å². The summed E-state index contributed by atoms with van der Waals surface area (Å²) in [6, 6.07) is 5.42. The molecule has 4 nitrogen and oxygen atoms in total. The van der Waals surface area contributed by atoms with E-state index in [1.807, 2.05) is 33.1 Å². The van der Waals surface area contributed by atoms with Crippen molar-refractivity contribution in [1.82, 2.24) is 10.0 Å². The summed E-state index contributed by atoms with van der Waals surface area (Å²) in [7, 11) is -3.43. The van der Waals surface area contributed by atoms with Crippen LogP contribution in [-0.2, 0) is 16.6 Å². The summed E-state index contributed by atoms with van der Waals surface area (Å²) in [6.07, 6.45) is 1.97. The molecule has 0 bridgehead atoms. The molecule has 6 heteroatoms. The predicted molar refractivity (Wildman–Crippen MR) is 86.7 cm³/mol. The first-order valence-corrected chi connectivity index (χ1v) is 9.51. The lowest BCUT2D eigenvalue weighted by molar-refractivity contribution is 0.580. The maximum atomic E-state index is 12.4. The Morgan fingerprint density at radius 1 is 1.35 bits per heavy atom. The Balaban J connectivity index is 2.94. The van der Waals surface area contributed by atoms with Gasteiger partial charge in [0.2, 0.25) is 10.0 Å². The Kier molecular flexibility index (Phi) is 7.02. The van der Waals surface area contributed by atoms with E-state index in [1.165, 1.54) is 0 Å². The van der Waals surface area contributed by atoms with E-state index in [0.717, 1.165) is 17.7 Å². The fourth-order valence-electron chi connectivity index (χ4n) is 1.79. The minimum absolute atomic E-state index is 0.259. The number of hydrogen-bond acceptors (Lipinski definition) is 4. The first kappa shape index (κ1) is 17.5. The molecular weight excluding hydrogens is 292 g/mol. The van der Waals surface area contributed by atoms with Gasteiger partial charge in [0.15, 0.2) is 0 Å². The lowest BCUT2D eigenvalue weighted by atomic mass is 10.1. The van der Waals surface area contributed by atoms with Crippen LogP contribution in [0.3, 0.4) is 0 Å². The Morgan fingerprint density at radius 3 is 2.65 bits per heavy atom. The second-order valence-corrected chi connectivity index (χ2v) is 7.73. The second kappa shape index (κ2) is 8.02. The highest BCUT2D eigenvalue weighted by Gasteiger charge is 2.18. The van der Waals surface area contributed by atoms with Crippen molar-refractivity contribution in [3.05, 3.63) is 29.3 Å². The van der Waals surface area contributed by atoms with Gasteiger partial charge >= 0.3 is 0 Å². The van der Waals surface area contributed by atoms with Crippen LogP contribution >= 0.6 is 11.8 Å². The van der Waals surface area contributed by atoms with Crippen molar-refractivity contribution < 1.29 is 8.42 Å². The van der Waals surface area contributed by atoms with E-state index in [-0.39, 0.29) is 5.25 Å². The maximum Gasteiger partial charge on any atom is 0.240 e. The topological polar surface area (TPSA) is 58.2 Å². The lowest BCUT2D eigenvalue weighted by Gasteiger charge is -2.14. The van der Waals surface area contributed by atoms with Crippen molar-refractivity contribution in [2.24, 2.45) is 0 Å². The maximum absolute atomic E-state index is 12.4. The highest BCUT2D eigenvalue weighted by molar-refractivity contribution is 7.99. The molecule has 1 atom stereocenters. The van der Waals surface area contributed by atoms with Crippen molar-refractivity contribution in [3.8, 4) is 0 Å². The molecule has 0 heterocycles.